The van der Waals surface area contributed by atoms with Crippen molar-refractivity contribution in [1.29, 1.82) is 0 Å². The molecular weight excluding hydrogens is 182 g/mol. The summed E-state index contributed by atoms with van der Waals surface area (Å²) in [6, 6.07) is 17.3. The summed E-state index contributed by atoms with van der Waals surface area (Å²) < 4.78 is 0. The van der Waals surface area contributed by atoms with Crippen molar-refractivity contribution in [2.75, 3.05) is 0 Å². The summed E-state index contributed by atoms with van der Waals surface area (Å²) in [5.74, 6) is 2.09. The van der Waals surface area contributed by atoms with Gasteiger partial charge in [0.25, 0.3) is 0 Å². The Morgan fingerprint density at radius 3 is 2.13 bits per heavy atom. The van der Waals surface area contributed by atoms with Gasteiger partial charge in [0, 0.05) is 35.6 Å². The van der Waals surface area contributed by atoms with Crippen LogP contribution >= 0.6 is 0 Å². The van der Waals surface area contributed by atoms with E-state index in [4.69, 9.17) is 5.41 Å². The minimum absolute atomic E-state index is 0.675. The van der Waals surface area contributed by atoms with E-state index in [1.165, 1.54) is 0 Å². The largest absolute Gasteiger partial charge is 0.763 e. The number of benzene rings is 2. The van der Waals surface area contributed by atoms with Gasteiger partial charge in [-0.25, -0.2) is 0 Å². The highest BCUT2D eigenvalue weighted by atomic mass is 14.3. The van der Waals surface area contributed by atoms with Gasteiger partial charge in [0.15, 0.2) is 0 Å². The number of nitrogens with zero attached hydrogens (tertiary/aromatic N) is 1. The van der Waals surface area contributed by atoms with Crippen molar-refractivity contribution in [1.82, 2.24) is 0 Å². The third-order valence-corrected chi connectivity index (χ3v) is 2.08. The predicted molar refractivity (Wildman–Crippen MR) is 62.1 cm³/mol. The zero-order valence-corrected chi connectivity index (χ0v) is 8.14. The molecule has 0 spiro atoms. The lowest BCUT2D eigenvalue weighted by molar-refractivity contribution is 1.54. The van der Waals surface area contributed by atoms with E-state index in [0.29, 0.717) is 5.22 Å². The molecule has 0 aliphatic heterocycles. The molecule has 0 saturated carbocycles. The number of hydrogen-bond acceptors (Lipinski definition) is 0. The molecular formula is C14H9N. The summed E-state index contributed by atoms with van der Waals surface area (Å²) in [6.45, 7) is 0. The third-order valence-electron chi connectivity index (χ3n) is 2.08. The Labute approximate surface area is 88.5 Å². The van der Waals surface area contributed by atoms with E-state index < -0.39 is 0 Å². The second-order valence-corrected chi connectivity index (χ2v) is 3.18. The molecule has 0 atom stereocenters. The molecule has 0 aromatic heterocycles. The minimum atomic E-state index is 0.675. The molecule has 0 radical (unpaired) electrons. The van der Waals surface area contributed by atoms with Crippen LogP contribution in [0, 0.1) is 0 Å². The first kappa shape index (κ1) is 9.36. The Hall–Kier alpha value is -2.20. The molecule has 0 N–H and O–H groups in total. The molecule has 0 amide bonds. The van der Waals surface area contributed by atoms with E-state index >= 15 is 0 Å². The SMILES string of the molecule is [N-]=C=c1ccc(=[C+]c2ccccc2)cc1. The summed E-state index contributed by atoms with van der Waals surface area (Å²) >= 11 is 0. The summed E-state index contributed by atoms with van der Waals surface area (Å²) in [5.41, 5.74) is 1.04. The van der Waals surface area contributed by atoms with Gasteiger partial charge >= 0.3 is 0 Å². The van der Waals surface area contributed by atoms with Crippen LogP contribution in [0.4, 0.5) is 0 Å². The summed E-state index contributed by atoms with van der Waals surface area (Å²) in [5, 5.41) is 10.3. The highest BCUT2D eigenvalue weighted by Crippen LogP contribution is 1.97. The molecule has 2 aromatic rings. The molecule has 2 rings (SSSR count). The Kier molecular flexibility index (Phi) is 2.71. The second kappa shape index (κ2) is 4.34. The second-order valence-electron chi connectivity index (χ2n) is 3.18. The van der Waals surface area contributed by atoms with E-state index in [1.54, 1.807) is 12.1 Å². The molecule has 0 heterocycles. The standard InChI is InChI=1S/C14H9N/c15-11-14-8-6-13(7-9-14)10-12-4-2-1-3-5-12/h1-9H. The molecule has 1 heteroatoms. The zero-order valence-electron chi connectivity index (χ0n) is 8.14. The topological polar surface area (TPSA) is 22.3 Å². The quantitative estimate of drug-likeness (QED) is 0.479. The van der Waals surface area contributed by atoms with Gasteiger partial charge < -0.3 is 5.41 Å². The molecule has 0 bridgehead atoms. The van der Waals surface area contributed by atoms with Gasteiger partial charge in [-0.15, -0.1) is 0 Å². The van der Waals surface area contributed by atoms with Crippen LogP contribution in [-0.2, 0) is 0 Å². The Morgan fingerprint density at radius 1 is 0.867 bits per heavy atom. The van der Waals surface area contributed by atoms with Crippen LogP contribution in [0.25, 0.3) is 11.5 Å². The first-order valence-corrected chi connectivity index (χ1v) is 4.71. The van der Waals surface area contributed by atoms with Crippen molar-refractivity contribution in [3.8, 4) is 0 Å². The highest BCUT2D eigenvalue weighted by Gasteiger charge is 1.92. The van der Waals surface area contributed by atoms with Gasteiger partial charge in [-0.1, -0.05) is 0 Å². The van der Waals surface area contributed by atoms with Gasteiger partial charge in [0.1, 0.15) is 10.8 Å². The molecule has 0 aliphatic carbocycles. The predicted octanol–water partition coefficient (Wildman–Crippen LogP) is 1.30. The molecule has 0 aliphatic rings. The number of hydrogen-bond donors (Lipinski definition) is 0. The summed E-state index contributed by atoms with van der Waals surface area (Å²) in [7, 11) is 0. The van der Waals surface area contributed by atoms with Crippen LogP contribution in [0.5, 0.6) is 0 Å². The van der Waals surface area contributed by atoms with Gasteiger partial charge in [0.2, 0.25) is 0 Å². The highest BCUT2D eigenvalue weighted by molar-refractivity contribution is 5.55. The Bertz CT molecular complexity index is 555. The van der Waals surface area contributed by atoms with Crippen LogP contribution in [0.2, 0.25) is 0 Å². The normalized spacial score (nSPS) is 9.07. The minimum Gasteiger partial charge on any atom is -0.763 e. The lowest BCUT2D eigenvalue weighted by atomic mass is 10.1. The fourth-order valence-electron chi connectivity index (χ4n) is 1.32. The average molecular weight is 191 g/mol. The summed E-state index contributed by atoms with van der Waals surface area (Å²) in [6.07, 6.45) is 3.25. The molecule has 15 heavy (non-hydrogen) atoms. The Balaban J connectivity index is 2.47. The third kappa shape index (κ3) is 2.38. The van der Waals surface area contributed by atoms with E-state index in [2.05, 4.69) is 11.9 Å². The monoisotopic (exact) mass is 191 g/mol. The van der Waals surface area contributed by atoms with Gasteiger partial charge in [-0.3, -0.25) is 5.87 Å². The van der Waals surface area contributed by atoms with E-state index in [9.17, 15) is 0 Å². The molecule has 0 unspecified atom stereocenters. The van der Waals surface area contributed by atoms with Crippen molar-refractivity contribution < 1.29 is 0 Å². The van der Waals surface area contributed by atoms with E-state index in [1.807, 2.05) is 42.5 Å². The van der Waals surface area contributed by atoms with Gasteiger partial charge in [0.05, 0.1) is 0 Å². The summed E-state index contributed by atoms with van der Waals surface area (Å²) in [4.78, 5) is 0. The molecule has 0 saturated heterocycles. The van der Waals surface area contributed by atoms with Crippen LogP contribution in [0.1, 0.15) is 5.56 Å². The maximum Gasteiger partial charge on any atom is 0.122 e. The maximum atomic E-state index is 8.65. The van der Waals surface area contributed by atoms with Crippen LogP contribution in [0.3, 0.4) is 0 Å². The average Bonchev–Trinajstić information content (AvgIpc) is 2.31. The van der Waals surface area contributed by atoms with E-state index in [0.717, 1.165) is 10.8 Å². The van der Waals surface area contributed by atoms with Crippen LogP contribution < -0.4 is 10.4 Å². The van der Waals surface area contributed by atoms with Crippen LogP contribution in [0.15, 0.2) is 54.6 Å². The first-order chi connectivity index (χ1) is 7.38. The molecule has 0 fully saturated rings. The maximum absolute atomic E-state index is 8.65. The van der Waals surface area contributed by atoms with Crippen LogP contribution in [-0.4, -0.2) is 5.87 Å². The smallest absolute Gasteiger partial charge is 0.122 e. The molecule has 70 valence electrons. The van der Waals surface area contributed by atoms with Crippen molar-refractivity contribution in [3.63, 3.8) is 0 Å². The lowest BCUT2D eigenvalue weighted by Gasteiger charge is -1.83. The van der Waals surface area contributed by atoms with Crippen molar-refractivity contribution >= 4 is 11.9 Å². The first-order valence-electron chi connectivity index (χ1n) is 4.71. The number of rotatable bonds is 1. The lowest BCUT2D eigenvalue weighted by Crippen LogP contribution is -2.07. The van der Waals surface area contributed by atoms with Crippen molar-refractivity contribution in [2.24, 2.45) is 0 Å². The Morgan fingerprint density at radius 2 is 1.53 bits per heavy atom. The zero-order chi connectivity index (χ0) is 10.5. The molecule has 1 nitrogen and oxygen atoms in total. The van der Waals surface area contributed by atoms with Crippen molar-refractivity contribution in [3.05, 3.63) is 76.0 Å². The molecule has 2 aromatic carbocycles. The van der Waals surface area contributed by atoms with E-state index in [-0.39, 0.29) is 0 Å². The fraction of sp³-hybridized carbons (Fsp3) is 0. The van der Waals surface area contributed by atoms with Crippen molar-refractivity contribution in [2.45, 2.75) is 0 Å². The van der Waals surface area contributed by atoms with Gasteiger partial charge in [-0.05, 0) is 30.3 Å². The van der Waals surface area contributed by atoms with Gasteiger partial charge in [-0.2, -0.15) is 0 Å². The fourth-order valence-corrected chi connectivity index (χ4v) is 1.32.